The smallest absolute Gasteiger partial charge is 0.224 e. The monoisotopic (exact) mass is 384 g/mol. The molecule has 0 spiro atoms. The first-order valence-electron chi connectivity index (χ1n) is 10.1. The molecule has 4 saturated heterocycles. The van der Waals surface area contributed by atoms with E-state index in [1.807, 2.05) is 19.1 Å². The minimum atomic E-state index is -0.214. The zero-order valence-electron chi connectivity index (χ0n) is 16.0. The second kappa shape index (κ2) is 6.92. The van der Waals surface area contributed by atoms with Gasteiger partial charge in [0.15, 0.2) is 0 Å². The number of hydrogen-bond acceptors (Lipinski definition) is 5. The summed E-state index contributed by atoms with van der Waals surface area (Å²) >= 11 is 0. The Morgan fingerprint density at radius 1 is 1.18 bits per heavy atom. The number of rotatable bonds is 4. The van der Waals surface area contributed by atoms with Gasteiger partial charge in [0, 0.05) is 24.9 Å². The Labute approximate surface area is 163 Å². The van der Waals surface area contributed by atoms with Crippen molar-refractivity contribution in [1.29, 1.82) is 0 Å². The quantitative estimate of drug-likeness (QED) is 0.801. The summed E-state index contributed by atoms with van der Waals surface area (Å²) in [5.41, 5.74) is 1.13. The normalized spacial score (nSPS) is 31.2. The van der Waals surface area contributed by atoms with E-state index < -0.39 is 0 Å². The number of amides is 1. The van der Waals surface area contributed by atoms with Crippen LogP contribution >= 0.6 is 0 Å². The zero-order valence-corrected chi connectivity index (χ0v) is 16.0. The summed E-state index contributed by atoms with van der Waals surface area (Å²) in [6.07, 6.45) is 2.72. The Morgan fingerprint density at radius 2 is 1.93 bits per heavy atom. The van der Waals surface area contributed by atoms with E-state index >= 15 is 0 Å². The predicted octanol–water partition coefficient (Wildman–Crippen LogP) is 1.60. The van der Waals surface area contributed by atoms with Crippen molar-refractivity contribution >= 4 is 5.91 Å². The van der Waals surface area contributed by atoms with Gasteiger partial charge in [0.2, 0.25) is 5.91 Å². The number of piperidine rings is 3. The summed E-state index contributed by atoms with van der Waals surface area (Å²) < 4.78 is 15.1. The summed E-state index contributed by atoms with van der Waals surface area (Å²) in [6.45, 7) is 5.27. The molecule has 28 heavy (non-hydrogen) atoms. The zero-order chi connectivity index (χ0) is 19.3. The van der Waals surface area contributed by atoms with E-state index in [1.54, 1.807) is 4.68 Å². The molecule has 4 aliphatic rings. The third-order valence-corrected chi connectivity index (χ3v) is 6.86. The van der Waals surface area contributed by atoms with Crippen LogP contribution in [0.15, 0.2) is 24.3 Å². The highest BCUT2D eigenvalue weighted by Gasteiger charge is 2.54. The molecule has 3 atom stereocenters. The van der Waals surface area contributed by atoms with Crippen LogP contribution in [0.3, 0.4) is 0 Å². The molecule has 8 heteroatoms. The fourth-order valence-electron chi connectivity index (χ4n) is 5.51. The van der Waals surface area contributed by atoms with Gasteiger partial charge in [-0.15, -0.1) is 5.10 Å². The molecule has 0 N–H and O–H groups in total. The molecule has 1 aromatic carbocycles. The van der Waals surface area contributed by atoms with Crippen molar-refractivity contribution in [3.05, 3.63) is 41.5 Å². The summed E-state index contributed by atoms with van der Waals surface area (Å²) in [6, 6.07) is 7.45. The molecular formula is C20H25FN6O. The number of likely N-dealkylation sites (tertiary alicyclic amines) is 1. The Morgan fingerprint density at radius 3 is 2.61 bits per heavy atom. The second-order valence-corrected chi connectivity index (χ2v) is 8.26. The highest BCUT2D eigenvalue weighted by molar-refractivity contribution is 5.77. The van der Waals surface area contributed by atoms with Crippen LogP contribution < -0.4 is 0 Å². The molecule has 4 aliphatic heterocycles. The van der Waals surface area contributed by atoms with Gasteiger partial charge < -0.3 is 4.90 Å². The maximum atomic E-state index is 13.4. The number of aryl methyl sites for hydroxylation is 2. The van der Waals surface area contributed by atoms with E-state index in [2.05, 4.69) is 25.3 Å². The molecule has 5 heterocycles. The Bertz CT molecular complexity index is 860. The van der Waals surface area contributed by atoms with Crippen molar-refractivity contribution in [1.82, 2.24) is 30.0 Å². The molecule has 0 radical (unpaired) electrons. The fraction of sp³-hybridized carbons (Fsp3) is 0.600. The Kier molecular flexibility index (Phi) is 4.38. The first kappa shape index (κ1) is 17.7. The van der Waals surface area contributed by atoms with E-state index in [0.717, 1.165) is 37.3 Å². The van der Waals surface area contributed by atoms with Crippen molar-refractivity contribution < 1.29 is 9.18 Å². The number of halogens is 1. The van der Waals surface area contributed by atoms with Gasteiger partial charge in [-0.25, -0.2) is 9.07 Å². The SMILES string of the molecule is Cc1nnnn1CCC(=O)N1C[C@@H](c2ccc(F)cc2)[C@@H]2[C@H]1C1CCN2CC1. The molecular weight excluding hydrogens is 359 g/mol. The molecule has 4 fully saturated rings. The Hall–Kier alpha value is -2.35. The lowest BCUT2D eigenvalue weighted by Crippen LogP contribution is -2.60. The molecule has 0 aliphatic carbocycles. The third-order valence-electron chi connectivity index (χ3n) is 6.86. The van der Waals surface area contributed by atoms with Crippen LogP contribution in [0.1, 0.15) is 36.6 Å². The van der Waals surface area contributed by atoms with Gasteiger partial charge in [0.25, 0.3) is 0 Å². The van der Waals surface area contributed by atoms with Crippen LogP contribution in [0.25, 0.3) is 0 Å². The molecule has 7 nitrogen and oxygen atoms in total. The lowest BCUT2D eigenvalue weighted by atomic mass is 9.75. The average molecular weight is 384 g/mol. The summed E-state index contributed by atoms with van der Waals surface area (Å²) in [7, 11) is 0. The first-order valence-corrected chi connectivity index (χ1v) is 10.1. The molecule has 0 saturated carbocycles. The van der Waals surface area contributed by atoms with Crippen LogP contribution in [0.4, 0.5) is 4.39 Å². The van der Waals surface area contributed by atoms with Gasteiger partial charge in [-0.05, 0) is 66.9 Å². The summed E-state index contributed by atoms with van der Waals surface area (Å²) in [5.74, 6) is 1.49. The molecule has 2 aromatic rings. The lowest BCUT2D eigenvalue weighted by molar-refractivity contribution is -0.136. The highest BCUT2D eigenvalue weighted by atomic mass is 19.1. The van der Waals surface area contributed by atoms with Gasteiger partial charge in [-0.2, -0.15) is 0 Å². The number of fused-ring (bicyclic) bond motifs is 2. The summed E-state index contributed by atoms with van der Waals surface area (Å²) in [5, 5.41) is 11.5. The number of aromatic nitrogens is 4. The number of carbonyl (C=O) groups excluding carboxylic acids is 1. The third kappa shape index (κ3) is 2.90. The predicted molar refractivity (Wildman–Crippen MR) is 99.9 cm³/mol. The van der Waals surface area contributed by atoms with E-state index in [-0.39, 0.29) is 23.7 Å². The standard InChI is InChI=1S/C20H25FN6O/c1-13-22-23-24-27(13)11-8-18(28)26-12-17(14-2-4-16(21)5-3-14)20-19(26)15-6-9-25(20)10-7-15/h2-5,15,17,19-20H,6-12H2,1H3/t17-,19+,20+/m0/s1. The largest absolute Gasteiger partial charge is 0.337 e. The number of tetrazole rings is 1. The van der Waals surface area contributed by atoms with E-state index in [4.69, 9.17) is 0 Å². The van der Waals surface area contributed by atoms with E-state index in [0.29, 0.717) is 31.5 Å². The van der Waals surface area contributed by atoms with Crippen LogP contribution in [0.2, 0.25) is 0 Å². The van der Waals surface area contributed by atoms with Crippen LogP contribution in [0.5, 0.6) is 0 Å². The van der Waals surface area contributed by atoms with Crippen LogP contribution in [-0.4, -0.2) is 67.6 Å². The van der Waals surface area contributed by atoms with Crippen molar-refractivity contribution in [2.24, 2.45) is 5.92 Å². The lowest BCUT2D eigenvalue weighted by Gasteiger charge is -2.51. The number of hydrogen-bond donors (Lipinski definition) is 0. The van der Waals surface area contributed by atoms with Crippen molar-refractivity contribution in [3.8, 4) is 0 Å². The highest BCUT2D eigenvalue weighted by Crippen LogP contribution is 2.46. The van der Waals surface area contributed by atoms with Gasteiger partial charge >= 0.3 is 0 Å². The van der Waals surface area contributed by atoms with Gasteiger partial charge in [0.05, 0.1) is 12.6 Å². The van der Waals surface area contributed by atoms with Crippen LogP contribution in [0, 0.1) is 18.7 Å². The molecule has 148 valence electrons. The molecule has 2 bridgehead atoms. The minimum Gasteiger partial charge on any atom is -0.337 e. The van der Waals surface area contributed by atoms with E-state index in [1.165, 1.54) is 12.1 Å². The van der Waals surface area contributed by atoms with E-state index in [9.17, 15) is 9.18 Å². The maximum Gasteiger partial charge on any atom is 0.224 e. The fourth-order valence-corrected chi connectivity index (χ4v) is 5.51. The number of nitrogens with zero attached hydrogens (tertiary/aromatic N) is 6. The van der Waals surface area contributed by atoms with Crippen molar-refractivity contribution in [2.75, 3.05) is 19.6 Å². The maximum absolute atomic E-state index is 13.4. The van der Waals surface area contributed by atoms with Crippen molar-refractivity contribution in [2.45, 2.75) is 50.7 Å². The van der Waals surface area contributed by atoms with Gasteiger partial charge in [-0.1, -0.05) is 12.1 Å². The van der Waals surface area contributed by atoms with Gasteiger partial charge in [0.1, 0.15) is 11.6 Å². The van der Waals surface area contributed by atoms with Gasteiger partial charge in [-0.3, -0.25) is 9.69 Å². The second-order valence-electron chi connectivity index (χ2n) is 8.26. The topological polar surface area (TPSA) is 67.2 Å². The summed E-state index contributed by atoms with van der Waals surface area (Å²) in [4.78, 5) is 17.8. The number of benzene rings is 1. The van der Waals surface area contributed by atoms with Crippen LogP contribution in [-0.2, 0) is 11.3 Å². The Balaban J connectivity index is 1.39. The molecule has 1 amide bonds. The minimum absolute atomic E-state index is 0.170. The molecule has 1 aromatic heterocycles. The molecule has 6 rings (SSSR count). The number of carbonyl (C=O) groups is 1. The average Bonchev–Trinajstić information content (AvgIpc) is 3.33. The van der Waals surface area contributed by atoms with Crippen molar-refractivity contribution in [3.63, 3.8) is 0 Å². The first-order chi connectivity index (χ1) is 13.6. The molecule has 0 unspecified atom stereocenters.